The lowest BCUT2D eigenvalue weighted by molar-refractivity contribution is 0.244. The van der Waals surface area contributed by atoms with Crippen LogP contribution < -0.4 is 0 Å². The molecular formula is C9H18O6. The Kier molecular flexibility index (Phi) is 6.07. The third-order valence-electron chi connectivity index (χ3n) is 1.82. The number of rotatable bonds is 3. The summed E-state index contributed by atoms with van der Waals surface area (Å²) in [5, 5.41) is 24.2. The topological polar surface area (TPSA) is 98.3 Å². The molecule has 3 fully saturated rings. The lowest BCUT2D eigenvalue weighted by Gasteiger charge is -1.70. The minimum atomic E-state index is 0.190. The van der Waals surface area contributed by atoms with Crippen LogP contribution in [0.4, 0.5) is 0 Å². The molecule has 3 aliphatic rings. The first-order valence-corrected chi connectivity index (χ1v) is 4.97. The summed E-state index contributed by atoms with van der Waals surface area (Å²) in [6.07, 6.45) is 0.569. The fraction of sp³-hybridized carbons (Fsp3) is 1.00. The molecule has 0 saturated carbocycles. The van der Waals surface area contributed by atoms with Crippen molar-refractivity contribution in [3.63, 3.8) is 0 Å². The molecule has 0 bridgehead atoms. The van der Waals surface area contributed by atoms with Gasteiger partial charge in [0.2, 0.25) is 0 Å². The lowest BCUT2D eigenvalue weighted by atomic mass is 10.5. The summed E-state index contributed by atoms with van der Waals surface area (Å²) in [7, 11) is 0. The first kappa shape index (κ1) is 12.8. The SMILES string of the molecule is OCC1CO1.OCC1CO1.OCC1CO1. The molecule has 3 rings (SSSR count). The fourth-order valence-electron chi connectivity index (χ4n) is 0.520. The van der Waals surface area contributed by atoms with Crippen molar-refractivity contribution in [3.8, 4) is 0 Å². The highest BCUT2D eigenvalue weighted by Gasteiger charge is 2.20. The zero-order chi connectivity index (χ0) is 11.1. The highest BCUT2D eigenvalue weighted by atomic mass is 16.6. The number of aliphatic hydroxyl groups is 3. The molecule has 3 N–H and O–H groups in total. The Morgan fingerprint density at radius 3 is 0.867 bits per heavy atom. The Labute approximate surface area is 88.4 Å². The van der Waals surface area contributed by atoms with Crippen LogP contribution in [0.5, 0.6) is 0 Å². The van der Waals surface area contributed by atoms with Crippen molar-refractivity contribution in [1.82, 2.24) is 0 Å². The van der Waals surface area contributed by atoms with Gasteiger partial charge in [0, 0.05) is 0 Å². The third-order valence-corrected chi connectivity index (χ3v) is 1.82. The Morgan fingerprint density at radius 1 is 0.667 bits per heavy atom. The van der Waals surface area contributed by atoms with Gasteiger partial charge in [-0.25, -0.2) is 0 Å². The highest BCUT2D eigenvalue weighted by molar-refractivity contribution is 4.65. The van der Waals surface area contributed by atoms with E-state index in [0.29, 0.717) is 0 Å². The number of epoxide rings is 3. The van der Waals surface area contributed by atoms with Crippen LogP contribution in [0.15, 0.2) is 0 Å². The Morgan fingerprint density at radius 2 is 0.867 bits per heavy atom. The lowest BCUT2D eigenvalue weighted by Crippen LogP contribution is -1.88. The maximum Gasteiger partial charge on any atom is 0.104 e. The molecule has 0 aromatic rings. The smallest absolute Gasteiger partial charge is 0.104 e. The predicted octanol–water partition coefficient (Wildman–Crippen LogP) is -1.87. The summed E-state index contributed by atoms with van der Waals surface area (Å²) < 4.78 is 13.8. The van der Waals surface area contributed by atoms with E-state index in [2.05, 4.69) is 14.2 Å². The molecule has 0 aliphatic carbocycles. The highest BCUT2D eigenvalue weighted by Crippen LogP contribution is 2.05. The van der Waals surface area contributed by atoms with Gasteiger partial charge in [-0.3, -0.25) is 0 Å². The van der Waals surface area contributed by atoms with Gasteiger partial charge in [-0.2, -0.15) is 0 Å². The van der Waals surface area contributed by atoms with Crippen LogP contribution in [0.2, 0.25) is 0 Å². The van der Waals surface area contributed by atoms with E-state index in [4.69, 9.17) is 15.3 Å². The van der Waals surface area contributed by atoms with E-state index >= 15 is 0 Å². The molecule has 0 spiro atoms. The molecule has 6 nitrogen and oxygen atoms in total. The molecule has 90 valence electrons. The second-order valence-electron chi connectivity index (χ2n) is 3.41. The molecule has 6 heteroatoms. The third kappa shape index (κ3) is 8.73. The van der Waals surface area contributed by atoms with Crippen molar-refractivity contribution in [2.75, 3.05) is 39.6 Å². The van der Waals surface area contributed by atoms with E-state index in [1.54, 1.807) is 0 Å². The number of hydrogen-bond donors (Lipinski definition) is 3. The van der Waals surface area contributed by atoms with E-state index in [1.807, 2.05) is 0 Å². The van der Waals surface area contributed by atoms with Crippen molar-refractivity contribution >= 4 is 0 Å². The minimum absolute atomic E-state index is 0.190. The van der Waals surface area contributed by atoms with Crippen molar-refractivity contribution in [1.29, 1.82) is 0 Å². The van der Waals surface area contributed by atoms with Crippen LogP contribution in [-0.4, -0.2) is 73.3 Å². The van der Waals surface area contributed by atoms with E-state index in [0.717, 1.165) is 19.8 Å². The monoisotopic (exact) mass is 222 g/mol. The van der Waals surface area contributed by atoms with Crippen molar-refractivity contribution in [2.24, 2.45) is 0 Å². The van der Waals surface area contributed by atoms with Crippen molar-refractivity contribution in [3.05, 3.63) is 0 Å². The average molecular weight is 222 g/mol. The molecule has 0 amide bonds. The molecule has 3 aliphatic heterocycles. The molecular weight excluding hydrogens is 204 g/mol. The molecule has 15 heavy (non-hydrogen) atoms. The Balaban J connectivity index is 0.000000112. The zero-order valence-corrected chi connectivity index (χ0v) is 8.54. The number of hydrogen-bond acceptors (Lipinski definition) is 6. The summed E-state index contributed by atoms with van der Waals surface area (Å²) >= 11 is 0. The molecule has 3 heterocycles. The molecule has 3 unspecified atom stereocenters. The fourth-order valence-corrected chi connectivity index (χ4v) is 0.520. The summed E-state index contributed by atoms with van der Waals surface area (Å²) in [4.78, 5) is 0. The van der Waals surface area contributed by atoms with E-state index < -0.39 is 0 Å². The normalized spacial score (nSPS) is 34.2. The molecule has 3 atom stereocenters. The summed E-state index contributed by atoms with van der Waals surface area (Å²) in [5.41, 5.74) is 0. The first-order chi connectivity index (χ1) is 7.30. The summed E-state index contributed by atoms with van der Waals surface area (Å²) in [6.45, 7) is 2.86. The largest absolute Gasteiger partial charge is 0.394 e. The van der Waals surface area contributed by atoms with Gasteiger partial charge in [0.05, 0.1) is 39.6 Å². The first-order valence-electron chi connectivity index (χ1n) is 4.97. The summed E-state index contributed by atoms with van der Waals surface area (Å²) in [5.74, 6) is 0. The molecule has 0 aromatic carbocycles. The van der Waals surface area contributed by atoms with Crippen LogP contribution >= 0.6 is 0 Å². The van der Waals surface area contributed by atoms with Gasteiger partial charge in [0.15, 0.2) is 0 Å². The Bertz CT molecular complexity index is 124. The number of ether oxygens (including phenoxy) is 3. The molecule has 3 saturated heterocycles. The van der Waals surface area contributed by atoms with Gasteiger partial charge in [0.25, 0.3) is 0 Å². The van der Waals surface area contributed by atoms with E-state index in [1.165, 1.54) is 0 Å². The van der Waals surface area contributed by atoms with Crippen LogP contribution in [0.3, 0.4) is 0 Å². The van der Waals surface area contributed by atoms with Crippen LogP contribution in [0.1, 0.15) is 0 Å². The van der Waals surface area contributed by atoms with Crippen LogP contribution in [0, 0.1) is 0 Å². The van der Waals surface area contributed by atoms with Crippen molar-refractivity contribution in [2.45, 2.75) is 18.3 Å². The van der Waals surface area contributed by atoms with Crippen molar-refractivity contribution < 1.29 is 29.5 Å². The van der Waals surface area contributed by atoms with Gasteiger partial charge in [-0.15, -0.1) is 0 Å². The second-order valence-corrected chi connectivity index (χ2v) is 3.41. The molecule has 0 radical (unpaired) electrons. The van der Waals surface area contributed by atoms with Gasteiger partial charge in [0.1, 0.15) is 18.3 Å². The maximum absolute atomic E-state index is 8.08. The zero-order valence-electron chi connectivity index (χ0n) is 8.54. The predicted molar refractivity (Wildman–Crippen MR) is 50.5 cm³/mol. The standard InChI is InChI=1S/3C3H6O2/c3*4-1-3-2-5-3/h3*3-4H,1-2H2. The van der Waals surface area contributed by atoms with Gasteiger partial charge >= 0.3 is 0 Å². The average Bonchev–Trinajstić information content (AvgIpc) is 3.20. The van der Waals surface area contributed by atoms with E-state index in [-0.39, 0.29) is 38.1 Å². The quantitative estimate of drug-likeness (QED) is 0.484. The van der Waals surface area contributed by atoms with E-state index in [9.17, 15) is 0 Å². The maximum atomic E-state index is 8.08. The minimum Gasteiger partial charge on any atom is -0.394 e. The van der Waals surface area contributed by atoms with Gasteiger partial charge < -0.3 is 29.5 Å². The second kappa shape index (κ2) is 7.10. The molecule has 0 aromatic heterocycles. The van der Waals surface area contributed by atoms with Crippen LogP contribution in [0.25, 0.3) is 0 Å². The number of aliphatic hydroxyl groups excluding tert-OH is 3. The van der Waals surface area contributed by atoms with Gasteiger partial charge in [-0.1, -0.05) is 0 Å². The van der Waals surface area contributed by atoms with Gasteiger partial charge in [-0.05, 0) is 0 Å². The Hall–Kier alpha value is -0.240. The summed E-state index contributed by atoms with van der Waals surface area (Å²) in [6, 6.07) is 0. The van der Waals surface area contributed by atoms with Crippen LogP contribution in [-0.2, 0) is 14.2 Å².